The normalized spacial score (nSPS) is 23.0. The predicted octanol–water partition coefficient (Wildman–Crippen LogP) is 3.24. The fraction of sp³-hybridized carbons (Fsp3) is 0.389. The van der Waals surface area contributed by atoms with Gasteiger partial charge in [-0.3, -0.25) is 4.79 Å². The molecule has 0 saturated carbocycles. The highest BCUT2D eigenvalue weighted by Crippen LogP contribution is 2.39. The zero-order chi connectivity index (χ0) is 16.9. The minimum atomic E-state index is -4.38. The zero-order valence-electron chi connectivity index (χ0n) is 12.9. The summed E-state index contributed by atoms with van der Waals surface area (Å²) < 4.78 is 40.8. The van der Waals surface area contributed by atoms with Crippen LogP contribution in [0, 0.1) is 5.92 Å². The molecule has 1 N–H and O–H groups in total. The third-order valence-corrected chi connectivity index (χ3v) is 5.00. The van der Waals surface area contributed by atoms with Crippen molar-refractivity contribution >= 4 is 0 Å². The first-order chi connectivity index (χ1) is 11.4. The van der Waals surface area contributed by atoms with Gasteiger partial charge in [0.25, 0.3) is 5.56 Å². The fourth-order valence-electron chi connectivity index (χ4n) is 3.97. The van der Waals surface area contributed by atoms with Gasteiger partial charge in [0, 0.05) is 36.3 Å². The molecule has 2 aliphatic rings. The van der Waals surface area contributed by atoms with Crippen LogP contribution in [0.1, 0.15) is 23.6 Å². The first-order valence-electron chi connectivity index (χ1n) is 8.05. The van der Waals surface area contributed by atoms with E-state index in [1.807, 2.05) is 0 Å². The number of nitrogens with zero attached hydrogens (tertiary/aromatic N) is 1. The van der Waals surface area contributed by atoms with Crippen molar-refractivity contribution in [3.8, 4) is 11.1 Å². The largest absolute Gasteiger partial charge is 0.416 e. The van der Waals surface area contributed by atoms with Gasteiger partial charge in [-0.15, -0.1) is 0 Å². The number of halogens is 3. The number of alkyl halides is 3. The van der Waals surface area contributed by atoms with Gasteiger partial charge < -0.3 is 9.88 Å². The van der Waals surface area contributed by atoms with E-state index in [2.05, 4.69) is 5.32 Å². The number of hydrogen-bond donors (Lipinski definition) is 1. The Labute approximate surface area is 137 Å². The van der Waals surface area contributed by atoms with Crippen molar-refractivity contribution < 1.29 is 13.2 Å². The zero-order valence-corrected chi connectivity index (χ0v) is 12.9. The van der Waals surface area contributed by atoms with Crippen LogP contribution in [0.5, 0.6) is 0 Å². The van der Waals surface area contributed by atoms with Crippen molar-refractivity contribution in [1.82, 2.24) is 9.88 Å². The Morgan fingerprint density at radius 2 is 1.96 bits per heavy atom. The SMILES string of the molecule is O=c1ccc(-c2cccc(C(F)(F)F)c2)c2n1CC1CNCC2C1. The maximum atomic E-state index is 13.0. The molecule has 4 rings (SSSR count). The first-order valence-corrected chi connectivity index (χ1v) is 8.05. The topological polar surface area (TPSA) is 34.0 Å². The van der Waals surface area contributed by atoms with Crippen molar-refractivity contribution in [3.05, 3.63) is 58.0 Å². The van der Waals surface area contributed by atoms with E-state index in [1.165, 1.54) is 18.2 Å². The summed E-state index contributed by atoms with van der Waals surface area (Å²) in [5, 5.41) is 3.37. The molecule has 2 aromatic rings. The minimum absolute atomic E-state index is 0.0719. The van der Waals surface area contributed by atoms with Crippen LogP contribution in [-0.4, -0.2) is 17.7 Å². The van der Waals surface area contributed by atoms with Crippen LogP contribution in [0.25, 0.3) is 11.1 Å². The van der Waals surface area contributed by atoms with Crippen molar-refractivity contribution in [3.63, 3.8) is 0 Å². The Kier molecular flexibility index (Phi) is 3.53. The molecule has 0 radical (unpaired) electrons. The van der Waals surface area contributed by atoms with E-state index < -0.39 is 11.7 Å². The molecule has 3 nitrogen and oxygen atoms in total. The van der Waals surface area contributed by atoms with E-state index in [4.69, 9.17) is 0 Å². The van der Waals surface area contributed by atoms with Crippen LogP contribution in [-0.2, 0) is 12.7 Å². The Bertz CT molecular complexity index is 841. The van der Waals surface area contributed by atoms with Gasteiger partial charge in [-0.1, -0.05) is 12.1 Å². The molecule has 0 aliphatic carbocycles. The van der Waals surface area contributed by atoms with Gasteiger partial charge in [-0.25, -0.2) is 0 Å². The lowest BCUT2D eigenvalue weighted by Crippen LogP contribution is -2.45. The lowest BCUT2D eigenvalue weighted by atomic mass is 9.81. The lowest BCUT2D eigenvalue weighted by Gasteiger charge is -2.38. The van der Waals surface area contributed by atoms with Crippen LogP contribution in [0.15, 0.2) is 41.2 Å². The Morgan fingerprint density at radius 1 is 1.12 bits per heavy atom. The highest BCUT2D eigenvalue weighted by atomic mass is 19.4. The summed E-state index contributed by atoms with van der Waals surface area (Å²) in [5.41, 5.74) is 1.37. The van der Waals surface area contributed by atoms with Crippen molar-refractivity contribution in [1.29, 1.82) is 0 Å². The highest BCUT2D eigenvalue weighted by Gasteiger charge is 2.34. The maximum Gasteiger partial charge on any atom is 0.416 e. The monoisotopic (exact) mass is 334 g/mol. The summed E-state index contributed by atoms with van der Waals surface area (Å²) in [4.78, 5) is 12.3. The third kappa shape index (κ3) is 2.55. The number of fused-ring (bicyclic) bond motifs is 4. The molecule has 1 fully saturated rings. The number of piperidine rings is 1. The van der Waals surface area contributed by atoms with Gasteiger partial charge >= 0.3 is 6.18 Å². The van der Waals surface area contributed by atoms with E-state index >= 15 is 0 Å². The molecule has 126 valence electrons. The highest BCUT2D eigenvalue weighted by molar-refractivity contribution is 5.68. The minimum Gasteiger partial charge on any atom is -0.316 e. The van der Waals surface area contributed by atoms with Gasteiger partial charge in [0.2, 0.25) is 0 Å². The summed E-state index contributed by atoms with van der Waals surface area (Å²) in [7, 11) is 0. The van der Waals surface area contributed by atoms with E-state index in [9.17, 15) is 18.0 Å². The molecule has 3 heterocycles. The number of nitrogens with one attached hydrogen (secondary N) is 1. The molecule has 6 heteroatoms. The average molecular weight is 334 g/mol. The fourth-order valence-corrected chi connectivity index (χ4v) is 3.97. The molecule has 24 heavy (non-hydrogen) atoms. The van der Waals surface area contributed by atoms with Gasteiger partial charge in [0.15, 0.2) is 0 Å². The lowest BCUT2D eigenvalue weighted by molar-refractivity contribution is -0.137. The van der Waals surface area contributed by atoms with Crippen LogP contribution in [0.3, 0.4) is 0 Å². The second-order valence-corrected chi connectivity index (χ2v) is 6.62. The number of aromatic nitrogens is 1. The molecular weight excluding hydrogens is 317 g/mol. The summed E-state index contributed by atoms with van der Waals surface area (Å²) in [6, 6.07) is 8.47. The molecule has 2 bridgehead atoms. The maximum absolute atomic E-state index is 13.0. The van der Waals surface area contributed by atoms with E-state index in [0.29, 0.717) is 18.0 Å². The number of pyridine rings is 1. The molecular formula is C18H17F3N2O. The molecule has 1 aromatic carbocycles. The Balaban J connectivity index is 1.89. The number of hydrogen-bond acceptors (Lipinski definition) is 2. The van der Waals surface area contributed by atoms with E-state index in [1.54, 1.807) is 16.7 Å². The van der Waals surface area contributed by atoms with Gasteiger partial charge in [-0.05, 0) is 42.6 Å². The second-order valence-electron chi connectivity index (χ2n) is 6.62. The molecule has 0 spiro atoms. The number of rotatable bonds is 1. The van der Waals surface area contributed by atoms with E-state index in [-0.39, 0.29) is 11.5 Å². The average Bonchev–Trinajstić information content (AvgIpc) is 2.55. The van der Waals surface area contributed by atoms with Gasteiger partial charge in [0.1, 0.15) is 0 Å². The summed E-state index contributed by atoms with van der Waals surface area (Å²) in [6.07, 6.45) is -3.40. The quantitative estimate of drug-likeness (QED) is 0.869. The Hall–Kier alpha value is -2.08. The van der Waals surface area contributed by atoms with Crippen LogP contribution < -0.4 is 10.9 Å². The molecule has 0 amide bonds. The predicted molar refractivity (Wildman–Crippen MR) is 84.9 cm³/mol. The van der Waals surface area contributed by atoms with Crippen LogP contribution in [0.4, 0.5) is 13.2 Å². The molecule has 2 aliphatic heterocycles. The first kappa shape index (κ1) is 15.4. The summed E-state index contributed by atoms with van der Waals surface area (Å²) in [6.45, 7) is 2.27. The van der Waals surface area contributed by atoms with Gasteiger partial charge in [0.05, 0.1) is 5.56 Å². The molecule has 2 unspecified atom stereocenters. The number of benzene rings is 1. The summed E-state index contributed by atoms with van der Waals surface area (Å²) >= 11 is 0. The van der Waals surface area contributed by atoms with Crippen LogP contribution in [0.2, 0.25) is 0 Å². The van der Waals surface area contributed by atoms with Gasteiger partial charge in [-0.2, -0.15) is 13.2 Å². The standard InChI is InChI=1S/C18H17F3N2O/c19-18(20,21)14-3-1-2-12(7-14)15-4-5-16(24)23-10-11-6-13(17(15)23)9-22-8-11/h1-5,7,11,13,22H,6,8-10H2. The van der Waals surface area contributed by atoms with E-state index in [0.717, 1.165) is 36.8 Å². The molecule has 1 saturated heterocycles. The molecule has 1 aromatic heterocycles. The third-order valence-electron chi connectivity index (χ3n) is 5.00. The van der Waals surface area contributed by atoms with Crippen molar-refractivity contribution in [2.45, 2.75) is 25.1 Å². The smallest absolute Gasteiger partial charge is 0.316 e. The Morgan fingerprint density at radius 3 is 2.75 bits per heavy atom. The van der Waals surface area contributed by atoms with Crippen molar-refractivity contribution in [2.75, 3.05) is 13.1 Å². The summed E-state index contributed by atoms with van der Waals surface area (Å²) in [5.74, 6) is 0.571. The van der Waals surface area contributed by atoms with Crippen molar-refractivity contribution in [2.24, 2.45) is 5.92 Å². The molecule has 2 atom stereocenters. The second kappa shape index (κ2) is 5.48. The van der Waals surface area contributed by atoms with Crippen LogP contribution >= 0.6 is 0 Å².